The monoisotopic (exact) mass is 360 g/mol. The molecule has 3 N–H and O–H groups in total. The van der Waals surface area contributed by atoms with Crippen LogP contribution in [0.5, 0.6) is 0 Å². The molecule has 0 atom stereocenters. The summed E-state index contributed by atoms with van der Waals surface area (Å²) < 4.78 is 27.5. The number of anilines is 1. The van der Waals surface area contributed by atoms with E-state index in [1.165, 1.54) is 30.3 Å². The van der Waals surface area contributed by atoms with Crippen LogP contribution in [0.1, 0.15) is 33.6 Å². The van der Waals surface area contributed by atoms with Gasteiger partial charge in [0.05, 0.1) is 21.7 Å². The molecule has 0 spiro atoms. The van der Waals surface area contributed by atoms with E-state index in [9.17, 15) is 18.0 Å². The third-order valence-corrected chi connectivity index (χ3v) is 5.08. The number of benzene rings is 2. The Balaban J connectivity index is 1.89. The molecule has 1 amide bonds. The summed E-state index contributed by atoms with van der Waals surface area (Å²) in [6, 6.07) is 11.4. The normalized spacial score (nSPS) is 13.9. The van der Waals surface area contributed by atoms with Crippen molar-refractivity contribution in [3.63, 3.8) is 0 Å². The number of aromatic carboxylic acids is 1. The first-order valence-electron chi connectivity index (χ1n) is 7.63. The maximum Gasteiger partial charge on any atom is 0.335 e. The summed E-state index contributed by atoms with van der Waals surface area (Å²) >= 11 is 0. The summed E-state index contributed by atoms with van der Waals surface area (Å²) in [7, 11) is -4.03. The van der Waals surface area contributed by atoms with Gasteiger partial charge in [-0.3, -0.25) is 9.52 Å². The SMILES string of the molecule is O=C(O)c1cccc(S(=O)(=O)Nc2ccccc2C(=O)NC2CC2)c1. The van der Waals surface area contributed by atoms with E-state index in [0.717, 1.165) is 18.9 Å². The van der Waals surface area contributed by atoms with Crippen molar-refractivity contribution >= 4 is 27.6 Å². The van der Waals surface area contributed by atoms with Gasteiger partial charge in [0.2, 0.25) is 0 Å². The van der Waals surface area contributed by atoms with Crippen molar-refractivity contribution in [1.82, 2.24) is 5.32 Å². The van der Waals surface area contributed by atoms with Crippen LogP contribution in [0.25, 0.3) is 0 Å². The highest BCUT2D eigenvalue weighted by Crippen LogP contribution is 2.23. The summed E-state index contributed by atoms with van der Waals surface area (Å²) in [5, 5.41) is 11.8. The van der Waals surface area contributed by atoms with Gasteiger partial charge in [-0.05, 0) is 43.2 Å². The van der Waals surface area contributed by atoms with Crippen LogP contribution in [-0.4, -0.2) is 31.4 Å². The van der Waals surface area contributed by atoms with Gasteiger partial charge in [0.1, 0.15) is 0 Å². The second kappa shape index (κ2) is 6.56. The zero-order valence-corrected chi connectivity index (χ0v) is 13.9. The Kier molecular flexibility index (Phi) is 4.45. The van der Waals surface area contributed by atoms with E-state index in [-0.39, 0.29) is 33.7 Å². The van der Waals surface area contributed by atoms with Crippen molar-refractivity contribution in [3.8, 4) is 0 Å². The average Bonchev–Trinajstić information content (AvgIpc) is 3.39. The Morgan fingerprint density at radius 2 is 1.76 bits per heavy atom. The summed E-state index contributed by atoms with van der Waals surface area (Å²) in [6.07, 6.45) is 1.84. The number of hydrogen-bond acceptors (Lipinski definition) is 4. The second-order valence-corrected chi connectivity index (χ2v) is 7.41. The Labute approximate surface area is 144 Å². The molecule has 0 aromatic heterocycles. The average molecular weight is 360 g/mol. The van der Waals surface area contributed by atoms with E-state index in [0.29, 0.717) is 0 Å². The highest BCUT2D eigenvalue weighted by Gasteiger charge is 2.26. The molecular formula is C17H16N2O5S. The van der Waals surface area contributed by atoms with Crippen molar-refractivity contribution in [2.45, 2.75) is 23.8 Å². The number of carbonyl (C=O) groups excluding carboxylic acids is 1. The van der Waals surface area contributed by atoms with E-state index in [2.05, 4.69) is 10.0 Å². The van der Waals surface area contributed by atoms with E-state index < -0.39 is 16.0 Å². The second-order valence-electron chi connectivity index (χ2n) is 5.73. The lowest BCUT2D eigenvalue weighted by Crippen LogP contribution is -2.27. The van der Waals surface area contributed by atoms with Crippen LogP contribution >= 0.6 is 0 Å². The molecule has 25 heavy (non-hydrogen) atoms. The molecule has 0 heterocycles. The predicted molar refractivity (Wildman–Crippen MR) is 91.1 cm³/mol. The molecular weight excluding hydrogens is 344 g/mol. The number of amides is 1. The first-order valence-corrected chi connectivity index (χ1v) is 9.11. The fourth-order valence-electron chi connectivity index (χ4n) is 2.26. The topological polar surface area (TPSA) is 113 Å². The third kappa shape index (κ3) is 3.97. The predicted octanol–water partition coefficient (Wildman–Crippen LogP) is 2.08. The molecule has 0 saturated heterocycles. The number of para-hydroxylation sites is 1. The summed E-state index contributed by atoms with van der Waals surface area (Å²) in [4.78, 5) is 23.1. The van der Waals surface area contributed by atoms with Crippen LogP contribution in [0.4, 0.5) is 5.69 Å². The molecule has 1 aliphatic rings. The molecule has 7 nitrogen and oxygen atoms in total. The quantitative estimate of drug-likeness (QED) is 0.730. The maximum absolute atomic E-state index is 12.6. The van der Waals surface area contributed by atoms with Crippen molar-refractivity contribution in [1.29, 1.82) is 0 Å². The summed E-state index contributed by atoms with van der Waals surface area (Å²) in [5.74, 6) is -1.57. The fraction of sp³-hybridized carbons (Fsp3) is 0.176. The summed E-state index contributed by atoms with van der Waals surface area (Å²) in [5.41, 5.74) is 0.219. The van der Waals surface area contributed by atoms with Crippen LogP contribution in [0.3, 0.4) is 0 Å². The first kappa shape index (κ1) is 17.0. The molecule has 2 aromatic carbocycles. The van der Waals surface area contributed by atoms with Gasteiger partial charge in [-0.25, -0.2) is 13.2 Å². The third-order valence-electron chi connectivity index (χ3n) is 3.72. The molecule has 8 heteroatoms. The van der Waals surface area contributed by atoms with Crippen molar-refractivity contribution in [2.24, 2.45) is 0 Å². The van der Waals surface area contributed by atoms with E-state index >= 15 is 0 Å². The molecule has 2 aromatic rings. The zero-order chi connectivity index (χ0) is 18.0. The Bertz CT molecular complexity index is 936. The smallest absolute Gasteiger partial charge is 0.335 e. The molecule has 0 radical (unpaired) electrons. The van der Waals surface area contributed by atoms with Crippen molar-refractivity contribution in [3.05, 3.63) is 59.7 Å². The van der Waals surface area contributed by atoms with Crippen LogP contribution in [0, 0.1) is 0 Å². The van der Waals surface area contributed by atoms with Crippen molar-refractivity contribution in [2.75, 3.05) is 4.72 Å². The highest BCUT2D eigenvalue weighted by molar-refractivity contribution is 7.92. The van der Waals surface area contributed by atoms with Crippen molar-refractivity contribution < 1.29 is 23.1 Å². The Morgan fingerprint density at radius 3 is 2.44 bits per heavy atom. The summed E-state index contributed by atoms with van der Waals surface area (Å²) in [6.45, 7) is 0. The minimum absolute atomic E-state index is 0.136. The van der Waals surface area contributed by atoms with Crippen LogP contribution < -0.4 is 10.0 Å². The van der Waals surface area contributed by atoms with Gasteiger partial charge in [-0.1, -0.05) is 18.2 Å². The molecule has 0 bridgehead atoms. The lowest BCUT2D eigenvalue weighted by molar-refractivity contribution is 0.0696. The molecule has 1 fully saturated rings. The number of carboxylic acid groups (broad SMARTS) is 1. The molecule has 3 rings (SSSR count). The number of hydrogen-bond donors (Lipinski definition) is 3. The number of carbonyl (C=O) groups is 2. The van der Waals surface area contributed by atoms with Gasteiger partial charge >= 0.3 is 5.97 Å². The maximum atomic E-state index is 12.6. The highest BCUT2D eigenvalue weighted by atomic mass is 32.2. The molecule has 0 unspecified atom stereocenters. The largest absolute Gasteiger partial charge is 0.478 e. The van der Waals surface area contributed by atoms with Gasteiger partial charge in [0.25, 0.3) is 15.9 Å². The van der Waals surface area contributed by atoms with Crippen LogP contribution in [0.2, 0.25) is 0 Å². The van der Waals surface area contributed by atoms with Gasteiger partial charge in [0, 0.05) is 6.04 Å². The molecule has 1 saturated carbocycles. The number of rotatable bonds is 6. The van der Waals surface area contributed by atoms with Crippen LogP contribution in [0.15, 0.2) is 53.4 Å². The number of sulfonamides is 1. The minimum Gasteiger partial charge on any atom is -0.478 e. The van der Waals surface area contributed by atoms with E-state index in [1.807, 2.05) is 0 Å². The van der Waals surface area contributed by atoms with Gasteiger partial charge < -0.3 is 10.4 Å². The molecule has 130 valence electrons. The fourth-order valence-corrected chi connectivity index (χ4v) is 3.39. The zero-order valence-electron chi connectivity index (χ0n) is 13.1. The Morgan fingerprint density at radius 1 is 1.04 bits per heavy atom. The van der Waals surface area contributed by atoms with Crippen LogP contribution in [-0.2, 0) is 10.0 Å². The first-order chi connectivity index (χ1) is 11.9. The molecule has 1 aliphatic carbocycles. The van der Waals surface area contributed by atoms with Gasteiger partial charge in [-0.15, -0.1) is 0 Å². The number of nitrogens with one attached hydrogen (secondary N) is 2. The standard InChI is InChI=1S/C17H16N2O5S/c20-16(18-12-8-9-12)14-6-1-2-7-15(14)19-25(23,24)13-5-3-4-11(10-13)17(21)22/h1-7,10,12,19H,8-9H2,(H,18,20)(H,21,22). The van der Waals surface area contributed by atoms with Gasteiger partial charge in [0.15, 0.2) is 0 Å². The lowest BCUT2D eigenvalue weighted by Gasteiger charge is -2.13. The minimum atomic E-state index is -4.03. The lowest BCUT2D eigenvalue weighted by atomic mass is 10.1. The van der Waals surface area contributed by atoms with E-state index in [1.54, 1.807) is 12.1 Å². The number of carboxylic acids is 1. The van der Waals surface area contributed by atoms with E-state index in [4.69, 9.17) is 5.11 Å². The Hall–Kier alpha value is -2.87. The molecule has 0 aliphatic heterocycles. The van der Waals surface area contributed by atoms with Gasteiger partial charge in [-0.2, -0.15) is 0 Å².